The molecule has 0 saturated carbocycles. The Hall–Kier alpha value is -1.91. The van der Waals surface area contributed by atoms with Gasteiger partial charge in [-0.25, -0.2) is 9.97 Å². The zero-order valence-corrected chi connectivity index (χ0v) is 8.61. The molecule has 0 atom stereocenters. The molecule has 0 aliphatic heterocycles. The molecule has 2 rings (SSSR count). The van der Waals surface area contributed by atoms with Gasteiger partial charge in [-0.1, -0.05) is 13.8 Å². The van der Waals surface area contributed by atoms with E-state index in [1.165, 1.54) is 0 Å². The summed E-state index contributed by atoms with van der Waals surface area (Å²) in [6, 6.07) is 1.85. The van der Waals surface area contributed by atoms with Gasteiger partial charge in [-0.05, 0) is 17.5 Å². The molecule has 0 fully saturated rings. The van der Waals surface area contributed by atoms with Crippen molar-refractivity contribution in [3.8, 4) is 0 Å². The van der Waals surface area contributed by atoms with Crippen LogP contribution in [0.3, 0.4) is 0 Å². The van der Waals surface area contributed by atoms with Gasteiger partial charge in [0.05, 0.1) is 5.52 Å². The second-order valence-corrected chi connectivity index (χ2v) is 3.74. The van der Waals surface area contributed by atoms with Crippen LogP contribution in [-0.2, 0) is 0 Å². The first kappa shape index (κ1) is 9.64. The fourth-order valence-corrected chi connectivity index (χ4v) is 1.38. The number of H-pyrrole nitrogens is 1. The van der Waals surface area contributed by atoms with E-state index < -0.39 is 0 Å². The minimum absolute atomic E-state index is 0.121. The quantitative estimate of drug-likeness (QED) is 0.726. The van der Waals surface area contributed by atoms with Gasteiger partial charge in [-0.3, -0.25) is 9.78 Å². The van der Waals surface area contributed by atoms with Crippen LogP contribution in [-0.4, -0.2) is 15.0 Å². The first-order chi connectivity index (χ1) is 7.08. The zero-order valence-electron chi connectivity index (χ0n) is 8.61. The Morgan fingerprint density at radius 2 is 2.20 bits per heavy atom. The first-order valence-electron chi connectivity index (χ1n) is 4.73. The van der Waals surface area contributed by atoms with Gasteiger partial charge in [-0.15, -0.1) is 0 Å². The maximum absolute atomic E-state index is 11.4. The molecule has 0 unspecified atom stereocenters. The lowest BCUT2D eigenvalue weighted by Gasteiger charge is -2.05. The number of nitrogen functional groups attached to an aromatic ring is 1. The summed E-state index contributed by atoms with van der Waals surface area (Å²) in [5, 5.41) is 0. The summed E-state index contributed by atoms with van der Waals surface area (Å²) in [5.74, 6) is 0.472. The molecule has 0 spiro atoms. The van der Waals surface area contributed by atoms with E-state index in [9.17, 15) is 4.79 Å². The van der Waals surface area contributed by atoms with Crippen molar-refractivity contribution >= 4 is 17.0 Å². The molecule has 0 aliphatic carbocycles. The molecule has 5 heteroatoms. The van der Waals surface area contributed by atoms with E-state index in [1.54, 1.807) is 6.20 Å². The van der Waals surface area contributed by atoms with Gasteiger partial charge in [0.15, 0.2) is 5.52 Å². The van der Waals surface area contributed by atoms with Gasteiger partial charge in [0.2, 0.25) is 5.95 Å². The number of pyridine rings is 1. The Bertz CT molecular complexity index is 559. The first-order valence-corrected chi connectivity index (χ1v) is 4.73. The van der Waals surface area contributed by atoms with Crippen LogP contribution in [0.5, 0.6) is 0 Å². The normalized spacial score (nSPS) is 11.1. The van der Waals surface area contributed by atoms with Crippen molar-refractivity contribution in [2.75, 3.05) is 5.73 Å². The number of aromatic nitrogens is 3. The molecule has 2 heterocycles. The molecule has 0 aliphatic rings. The van der Waals surface area contributed by atoms with Crippen LogP contribution in [0.2, 0.25) is 0 Å². The van der Waals surface area contributed by atoms with Gasteiger partial charge in [0, 0.05) is 6.20 Å². The average molecular weight is 204 g/mol. The van der Waals surface area contributed by atoms with Crippen LogP contribution >= 0.6 is 0 Å². The Morgan fingerprint density at radius 3 is 2.87 bits per heavy atom. The van der Waals surface area contributed by atoms with E-state index in [1.807, 2.05) is 6.07 Å². The summed E-state index contributed by atoms with van der Waals surface area (Å²) in [6.45, 7) is 4.11. The molecular weight excluding hydrogens is 192 g/mol. The highest BCUT2D eigenvalue weighted by Gasteiger charge is 2.06. The van der Waals surface area contributed by atoms with Crippen molar-refractivity contribution in [1.29, 1.82) is 0 Å². The number of fused-ring (bicyclic) bond motifs is 1. The van der Waals surface area contributed by atoms with Crippen LogP contribution in [0.1, 0.15) is 25.3 Å². The highest BCUT2D eigenvalue weighted by Crippen LogP contribution is 2.16. The summed E-state index contributed by atoms with van der Waals surface area (Å²) in [5.41, 5.74) is 7.07. The van der Waals surface area contributed by atoms with Crippen LogP contribution in [0, 0.1) is 0 Å². The predicted octanol–water partition coefficient (Wildman–Crippen LogP) is 1.02. The maximum atomic E-state index is 11.4. The van der Waals surface area contributed by atoms with Gasteiger partial charge in [0.25, 0.3) is 5.56 Å². The molecule has 0 radical (unpaired) electrons. The molecule has 2 aromatic heterocycles. The fourth-order valence-electron chi connectivity index (χ4n) is 1.38. The molecular formula is C10H12N4O. The maximum Gasteiger partial charge on any atom is 0.278 e. The van der Waals surface area contributed by atoms with Crippen LogP contribution in [0.25, 0.3) is 11.0 Å². The van der Waals surface area contributed by atoms with Crippen molar-refractivity contribution in [3.05, 3.63) is 28.2 Å². The number of hydrogen-bond acceptors (Lipinski definition) is 4. The van der Waals surface area contributed by atoms with E-state index in [0.717, 1.165) is 5.56 Å². The third kappa shape index (κ3) is 1.68. The molecule has 2 aromatic rings. The number of aromatic amines is 1. The highest BCUT2D eigenvalue weighted by molar-refractivity contribution is 5.74. The summed E-state index contributed by atoms with van der Waals surface area (Å²) in [6.07, 6.45) is 1.69. The SMILES string of the molecule is CC(C)c1cnc2c(=O)[nH]c(N)nc2c1. The van der Waals surface area contributed by atoms with E-state index in [0.29, 0.717) is 17.0 Å². The molecule has 0 aromatic carbocycles. The molecule has 0 amide bonds. The summed E-state index contributed by atoms with van der Waals surface area (Å²) >= 11 is 0. The van der Waals surface area contributed by atoms with Crippen LogP contribution in [0.4, 0.5) is 5.95 Å². The number of hydrogen-bond donors (Lipinski definition) is 2. The van der Waals surface area contributed by atoms with Crippen molar-refractivity contribution in [2.24, 2.45) is 0 Å². The minimum atomic E-state index is -0.298. The third-order valence-corrected chi connectivity index (χ3v) is 2.25. The van der Waals surface area contributed by atoms with Crippen molar-refractivity contribution in [2.45, 2.75) is 19.8 Å². The second kappa shape index (κ2) is 3.34. The minimum Gasteiger partial charge on any atom is -0.369 e. The molecule has 78 valence electrons. The van der Waals surface area contributed by atoms with Crippen molar-refractivity contribution in [1.82, 2.24) is 15.0 Å². The number of nitrogens with zero attached hydrogens (tertiary/aromatic N) is 2. The van der Waals surface area contributed by atoms with E-state index in [2.05, 4.69) is 28.8 Å². The van der Waals surface area contributed by atoms with Gasteiger partial charge >= 0.3 is 0 Å². The topological polar surface area (TPSA) is 84.7 Å². The zero-order chi connectivity index (χ0) is 11.0. The van der Waals surface area contributed by atoms with Gasteiger partial charge in [0.1, 0.15) is 0 Å². The Kier molecular flexibility index (Phi) is 2.15. The van der Waals surface area contributed by atoms with E-state index >= 15 is 0 Å². The largest absolute Gasteiger partial charge is 0.369 e. The lowest BCUT2D eigenvalue weighted by atomic mass is 10.1. The summed E-state index contributed by atoms with van der Waals surface area (Å²) in [4.78, 5) is 22.0. The predicted molar refractivity (Wildman–Crippen MR) is 58.7 cm³/mol. The molecule has 15 heavy (non-hydrogen) atoms. The van der Waals surface area contributed by atoms with E-state index in [4.69, 9.17) is 5.73 Å². The molecule has 0 saturated heterocycles. The highest BCUT2D eigenvalue weighted by atomic mass is 16.1. The Labute approximate surface area is 86.4 Å². The van der Waals surface area contributed by atoms with Crippen molar-refractivity contribution < 1.29 is 0 Å². The molecule has 3 N–H and O–H groups in total. The number of nitrogens with one attached hydrogen (secondary N) is 1. The smallest absolute Gasteiger partial charge is 0.278 e. The molecule has 0 bridgehead atoms. The van der Waals surface area contributed by atoms with Crippen molar-refractivity contribution in [3.63, 3.8) is 0 Å². The number of nitrogens with two attached hydrogens (primary N) is 1. The summed E-state index contributed by atoms with van der Waals surface area (Å²) < 4.78 is 0. The second-order valence-electron chi connectivity index (χ2n) is 3.74. The van der Waals surface area contributed by atoms with Crippen LogP contribution < -0.4 is 11.3 Å². The van der Waals surface area contributed by atoms with Gasteiger partial charge < -0.3 is 5.73 Å². The standard InChI is InChI=1S/C10H12N4O/c1-5(2)6-3-7-8(12-4-6)9(15)14-10(11)13-7/h3-5H,1-2H3,(H3,11,13,14,15). The molecule has 5 nitrogen and oxygen atoms in total. The Balaban J connectivity index is 2.77. The third-order valence-electron chi connectivity index (χ3n) is 2.25. The van der Waals surface area contributed by atoms with Crippen LogP contribution in [0.15, 0.2) is 17.1 Å². The van der Waals surface area contributed by atoms with Gasteiger partial charge in [-0.2, -0.15) is 0 Å². The summed E-state index contributed by atoms with van der Waals surface area (Å²) in [7, 11) is 0. The monoisotopic (exact) mass is 204 g/mol. The Morgan fingerprint density at radius 1 is 1.47 bits per heavy atom. The van der Waals surface area contributed by atoms with E-state index in [-0.39, 0.29) is 11.5 Å². The number of anilines is 1. The fraction of sp³-hybridized carbons (Fsp3) is 0.300. The average Bonchev–Trinajstić information content (AvgIpc) is 2.16. The lowest BCUT2D eigenvalue weighted by molar-refractivity contribution is 0.860. The lowest BCUT2D eigenvalue weighted by Crippen LogP contribution is -2.12. The number of rotatable bonds is 1.